The van der Waals surface area contributed by atoms with E-state index in [2.05, 4.69) is 15.5 Å². The molecule has 1 rings (SSSR count). The first-order valence-electron chi connectivity index (χ1n) is 8.34. The summed E-state index contributed by atoms with van der Waals surface area (Å²) in [5.41, 5.74) is 0.494. The standard InChI is InChI=1S/C18H28ClN3O2/c1-5-13(2)16(18(24)20-11-6-12-22(3)4)21-17(23)14-7-9-15(19)10-8-14/h7-10,13,16H,5-6,11-12H2,1-4H3,(H,20,24)(H,21,23). The molecule has 134 valence electrons. The Kier molecular flexibility index (Phi) is 8.79. The maximum atomic E-state index is 12.4. The van der Waals surface area contributed by atoms with Gasteiger partial charge in [0.25, 0.3) is 5.91 Å². The van der Waals surface area contributed by atoms with Gasteiger partial charge < -0.3 is 15.5 Å². The van der Waals surface area contributed by atoms with Gasteiger partial charge in [0, 0.05) is 17.1 Å². The summed E-state index contributed by atoms with van der Waals surface area (Å²) in [7, 11) is 3.99. The van der Waals surface area contributed by atoms with Crippen LogP contribution in [0.25, 0.3) is 0 Å². The van der Waals surface area contributed by atoms with Gasteiger partial charge in [-0.1, -0.05) is 31.9 Å². The highest BCUT2D eigenvalue weighted by Crippen LogP contribution is 2.12. The average molecular weight is 354 g/mol. The van der Waals surface area contributed by atoms with E-state index in [0.29, 0.717) is 17.1 Å². The number of hydrogen-bond donors (Lipinski definition) is 2. The molecule has 6 heteroatoms. The zero-order valence-corrected chi connectivity index (χ0v) is 15.7. The molecule has 0 heterocycles. The second-order valence-electron chi connectivity index (χ2n) is 6.29. The normalized spacial score (nSPS) is 13.4. The first-order chi connectivity index (χ1) is 11.3. The smallest absolute Gasteiger partial charge is 0.251 e. The molecule has 0 bridgehead atoms. The molecule has 1 aromatic rings. The first kappa shape index (κ1) is 20.5. The molecule has 2 N–H and O–H groups in total. The van der Waals surface area contributed by atoms with Gasteiger partial charge in [0.2, 0.25) is 5.91 Å². The number of rotatable bonds is 9. The minimum atomic E-state index is -0.544. The molecule has 2 amide bonds. The van der Waals surface area contributed by atoms with E-state index in [9.17, 15) is 9.59 Å². The number of nitrogens with one attached hydrogen (secondary N) is 2. The monoisotopic (exact) mass is 353 g/mol. The molecule has 0 aliphatic carbocycles. The van der Waals surface area contributed by atoms with Crippen molar-refractivity contribution in [3.05, 3.63) is 34.9 Å². The van der Waals surface area contributed by atoms with E-state index in [4.69, 9.17) is 11.6 Å². The number of amides is 2. The lowest BCUT2D eigenvalue weighted by atomic mass is 9.97. The van der Waals surface area contributed by atoms with Crippen molar-refractivity contribution in [1.82, 2.24) is 15.5 Å². The zero-order chi connectivity index (χ0) is 18.1. The van der Waals surface area contributed by atoms with E-state index < -0.39 is 6.04 Å². The summed E-state index contributed by atoms with van der Waals surface area (Å²) < 4.78 is 0. The van der Waals surface area contributed by atoms with Gasteiger partial charge >= 0.3 is 0 Å². The van der Waals surface area contributed by atoms with Gasteiger partial charge in [-0.25, -0.2) is 0 Å². The predicted molar refractivity (Wildman–Crippen MR) is 98.3 cm³/mol. The quantitative estimate of drug-likeness (QED) is 0.671. The van der Waals surface area contributed by atoms with E-state index >= 15 is 0 Å². The minimum Gasteiger partial charge on any atom is -0.354 e. The Morgan fingerprint density at radius 2 is 1.83 bits per heavy atom. The van der Waals surface area contributed by atoms with Gasteiger partial charge in [0.05, 0.1) is 0 Å². The average Bonchev–Trinajstić information content (AvgIpc) is 2.55. The van der Waals surface area contributed by atoms with Crippen molar-refractivity contribution in [1.29, 1.82) is 0 Å². The zero-order valence-electron chi connectivity index (χ0n) is 14.9. The van der Waals surface area contributed by atoms with Crippen molar-refractivity contribution in [3.8, 4) is 0 Å². The van der Waals surface area contributed by atoms with Crippen LogP contribution in [-0.2, 0) is 4.79 Å². The molecule has 1 aromatic carbocycles. The molecule has 2 atom stereocenters. The summed E-state index contributed by atoms with van der Waals surface area (Å²) in [5.74, 6) is -0.346. The third kappa shape index (κ3) is 6.89. The van der Waals surface area contributed by atoms with Crippen molar-refractivity contribution in [3.63, 3.8) is 0 Å². The largest absolute Gasteiger partial charge is 0.354 e. The lowest BCUT2D eigenvalue weighted by Gasteiger charge is -2.23. The van der Waals surface area contributed by atoms with Gasteiger partial charge in [0.15, 0.2) is 0 Å². The van der Waals surface area contributed by atoms with Crippen molar-refractivity contribution in [2.45, 2.75) is 32.7 Å². The number of benzene rings is 1. The fourth-order valence-electron chi connectivity index (χ4n) is 2.24. The lowest BCUT2D eigenvalue weighted by Crippen LogP contribution is -2.50. The van der Waals surface area contributed by atoms with Crippen LogP contribution in [0, 0.1) is 5.92 Å². The van der Waals surface area contributed by atoms with E-state index in [-0.39, 0.29) is 17.7 Å². The number of halogens is 1. The van der Waals surface area contributed by atoms with Crippen molar-refractivity contribution in [2.75, 3.05) is 27.2 Å². The van der Waals surface area contributed by atoms with Crippen LogP contribution in [0.3, 0.4) is 0 Å². The maximum absolute atomic E-state index is 12.4. The molecule has 5 nitrogen and oxygen atoms in total. The summed E-state index contributed by atoms with van der Waals surface area (Å²) in [5, 5.41) is 6.34. The maximum Gasteiger partial charge on any atom is 0.251 e. The fourth-order valence-corrected chi connectivity index (χ4v) is 2.37. The Morgan fingerprint density at radius 3 is 2.38 bits per heavy atom. The third-order valence-corrected chi connectivity index (χ3v) is 4.22. The van der Waals surface area contributed by atoms with E-state index in [1.807, 2.05) is 27.9 Å². The van der Waals surface area contributed by atoms with Crippen LogP contribution in [0.1, 0.15) is 37.0 Å². The first-order valence-corrected chi connectivity index (χ1v) is 8.71. The van der Waals surface area contributed by atoms with Gasteiger partial charge in [0.1, 0.15) is 6.04 Å². The van der Waals surface area contributed by atoms with Crippen LogP contribution in [0.2, 0.25) is 5.02 Å². The van der Waals surface area contributed by atoms with Gasteiger partial charge in [-0.05, 0) is 57.2 Å². The third-order valence-electron chi connectivity index (χ3n) is 3.97. The molecule has 0 aliphatic heterocycles. The molecule has 0 saturated heterocycles. The molecule has 0 saturated carbocycles. The second kappa shape index (κ2) is 10.3. The van der Waals surface area contributed by atoms with Crippen molar-refractivity contribution < 1.29 is 9.59 Å². The molecule has 0 fully saturated rings. The van der Waals surface area contributed by atoms with Crippen LogP contribution in [0.5, 0.6) is 0 Å². The van der Waals surface area contributed by atoms with Crippen molar-refractivity contribution >= 4 is 23.4 Å². The highest BCUT2D eigenvalue weighted by molar-refractivity contribution is 6.30. The molecule has 2 unspecified atom stereocenters. The van der Waals surface area contributed by atoms with Crippen molar-refractivity contribution in [2.24, 2.45) is 5.92 Å². The van der Waals surface area contributed by atoms with E-state index in [1.54, 1.807) is 24.3 Å². The molecular formula is C18H28ClN3O2. The van der Waals surface area contributed by atoms with Crippen LogP contribution < -0.4 is 10.6 Å². The number of nitrogens with zero attached hydrogens (tertiary/aromatic N) is 1. The fraction of sp³-hybridized carbons (Fsp3) is 0.556. The summed E-state index contributed by atoms with van der Waals surface area (Å²) in [6.07, 6.45) is 1.67. The highest BCUT2D eigenvalue weighted by atomic mass is 35.5. The summed E-state index contributed by atoms with van der Waals surface area (Å²) >= 11 is 5.84. The molecule has 24 heavy (non-hydrogen) atoms. The topological polar surface area (TPSA) is 61.4 Å². The van der Waals surface area contributed by atoms with Crippen LogP contribution in [0.15, 0.2) is 24.3 Å². The summed E-state index contributed by atoms with van der Waals surface area (Å²) in [4.78, 5) is 26.9. The van der Waals surface area contributed by atoms with Gasteiger partial charge in [-0.2, -0.15) is 0 Å². The number of carbonyl (C=O) groups is 2. The molecular weight excluding hydrogens is 326 g/mol. The number of carbonyl (C=O) groups excluding carboxylic acids is 2. The van der Waals surface area contributed by atoms with Crippen LogP contribution >= 0.6 is 11.6 Å². The van der Waals surface area contributed by atoms with Gasteiger partial charge in [-0.15, -0.1) is 0 Å². The molecule has 0 aliphatic rings. The van der Waals surface area contributed by atoms with Gasteiger partial charge in [-0.3, -0.25) is 9.59 Å². The van der Waals surface area contributed by atoms with E-state index in [1.165, 1.54) is 0 Å². The molecule has 0 radical (unpaired) electrons. The molecule has 0 spiro atoms. The lowest BCUT2D eigenvalue weighted by molar-refractivity contribution is -0.124. The Morgan fingerprint density at radius 1 is 1.21 bits per heavy atom. The Hall–Kier alpha value is -1.59. The number of hydrogen-bond acceptors (Lipinski definition) is 3. The Labute approximate surface area is 149 Å². The molecule has 0 aromatic heterocycles. The second-order valence-corrected chi connectivity index (χ2v) is 6.73. The van der Waals surface area contributed by atoms with Crippen LogP contribution in [-0.4, -0.2) is 49.9 Å². The minimum absolute atomic E-state index is 0.0510. The SMILES string of the molecule is CCC(C)C(NC(=O)c1ccc(Cl)cc1)C(=O)NCCCN(C)C. The van der Waals surface area contributed by atoms with E-state index in [0.717, 1.165) is 19.4 Å². The van der Waals surface area contributed by atoms with Crippen LogP contribution in [0.4, 0.5) is 0 Å². The predicted octanol–water partition coefficient (Wildman–Crippen LogP) is 2.55. The highest BCUT2D eigenvalue weighted by Gasteiger charge is 2.26. The summed E-state index contributed by atoms with van der Waals surface area (Å²) in [6.45, 7) is 5.48. The Bertz CT molecular complexity index is 532. The Balaban J connectivity index is 2.65. The summed E-state index contributed by atoms with van der Waals surface area (Å²) in [6, 6.07) is 6.09.